The molecular formula is C31H28F6O. The van der Waals surface area contributed by atoms with Crippen LogP contribution in [0, 0.1) is 17.5 Å². The van der Waals surface area contributed by atoms with Gasteiger partial charge < -0.3 is 4.74 Å². The van der Waals surface area contributed by atoms with E-state index in [1.54, 1.807) is 24.3 Å². The molecule has 0 aliphatic heterocycles. The summed E-state index contributed by atoms with van der Waals surface area (Å²) in [7, 11) is 0. The first-order valence-electron chi connectivity index (χ1n) is 12.6. The van der Waals surface area contributed by atoms with E-state index in [1.165, 1.54) is 36.4 Å². The van der Waals surface area contributed by atoms with Crippen LogP contribution < -0.4 is 4.74 Å². The van der Waals surface area contributed by atoms with Gasteiger partial charge in [-0.05, 0) is 90.4 Å². The predicted molar refractivity (Wildman–Crippen MR) is 137 cm³/mol. The molecule has 38 heavy (non-hydrogen) atoms. The maximum Gasteiger partial charge on any atom is 0.573 e. The van der Waals surface area contributed by atoms with Gasteiger partial charge in [-0.3, -0.25) is 0 Å². The molecular weight excluding hydrogens is 502 g/mol. The molecule has 0 saturated heterocycles. The van der Waals surface area contributed by atoms with Crippen LogP contribution in [0.3, 0.4) is 0 Å². The highest BCUT2D eigenvalue weighted by Gasteiger charge is 2.30. The van der Waals surface area contributed by atoms with Crippen molar-refractivity contribution in [1.29, 1.82) is 0 Å². The number of halogens is 6. The summed E-state index contributed by atoms with van der Waals surface area (Å²) in [5, 5.41) is 1.13. The van der Waals surface area contributed by atoms with Crippen molar-refractivity contribution < 1.29 is 31.1 Å². The van der Waals surface area contributed by atoms with Crippen LogP contribution in [0.15, 0.2) is 66.7 Å². The Bertz CT molecular complexity index is 1370. The second-order valence-electron chi connectivity index (χ2n) is 9.43. The Morgan fingerprint density at radius 3 is 1.97 bits per heavy atom. The molecule has 0 unspecified atom stereocenters. The molecule has 0 N–H and O–H groups in total. The molecule has 4 aromatic carbocycles. The van der Waals surface area contributed by atoms with Crippen molar-refractivity contribution in [3.8, 4) is 5.75 Å². The largest absolute Gasteiger partial charge is 0.573 e. The number of fused-ring (bicyclic) bond motifs is 1. The molecule has 0 heterocycles. The van der Waals surface area contributed by atoms with Crippen LogP contribution in [-0.2, 0) is 32.1 Å². The molecule has 0 radical (unpaired) electrons. The highest BCUT2D eigenvalue weighted by atomic mass is 19.4. The summed E-state index contributed by atoms with van der Waals surface area (Å²) in [6.45, 7) is 2.03. The van der Waals surface area contributed by atoms with Gasteiger partial charge in [0.25, 0.3) is 0 Å². The SMILES string of the molecule is CCCCc1cc(F)c(CCc2ccc3c(F)c(CCc4ccc(OC(F)(F)F)cc4)ccc3c2)c(F)c1. The Balaban J connectivity index is 1.41. The van der Waals surface area contributed by atoms with Gasteiger partial charge in [-0.15, -0.1) is 13.2 Å². The van der Waals surface area contributed by atoms with Crippen LogP contribution in [0.2, 0.25) is 0 Å². The van der Waals surface area contributed by atoms with Crippen LogP contribution in [-0.4, -0.2) is 6.36 Å². The molecule has 0 fully saturated rings. The fourth-order valence-electron chi connectivity index (χ4n) is 4.56. The molecule has 0 atom stereocenters. The van der Waals surface area contributed by atoms with Gasteiger partial charge in [0.1, 0.15) is 23.2 Å². The standard InChI is InChI=1S/C31H28F6O/c1-2-3-4-22-18-28(32)27(29(33)19-22)16-9-21-8-15-26-24(17-21)12-11-23(30(26)34)10-5-20-6-13-25(14-7-20)38-31(35,36)37/h6-8,11-15,17-19H,2-5,9-10,16H2,1H3. The topological polar surface area (TPSA) is 9.23 Å². The molecule has 0 spiro atoms. The van der Waals surface area contributed by atoms with E-state index in [9.17, 15) is 22.0 Å². The van der Waals surface area contributed by atoms with Crippen molar-refractivity contribution in [2.45, 2.75) is 58.2 Å². The number of hydrogen-bond acceptors (Lipinski definition) is 1. The number of rotatable bonds is 10. The third-order valence-electron chi connectivity index (χ3n) is 6.62. The summed E-state index contributed by atoms with van der Waals surface area (Å²) < 4.78 is 85.1. The van der Waals surface area contributed by atoms with Crippen molar-refractivity contribution >= 4 is 10.8 Å². The molecule has 4 rings (SSSR count). The van der Waals surface area contributed by atoms with Gasteiger partial charge >= 0.3 is 6.36 Å². The van der Waals surface area contributed by atoms with Gasteiger partial charge in [0.2, 0.25) is 0 Å². The number of aryl methyl sites for hydroxylation is 4. The van der Waals surface area contributed by atoms with Crippen molar-refractivity contribution in [3.05, 3.63) is 112 Å². The van der Waals surface area contributed by atoms with E-state index in [-0.39, 0.29) is 23.6 Å². The van der Waals surface area contributed by atoms with Crippen LogP contribution in [0.1, 0.15) is 47.6 Å². The lowest BCUT2D eigenvalue weighted by molar-refractivity contribution is -0.274. The van der Waals surface area contributed by atoms with Crippen molar-refractivity contribution in [1.82, 2.24) is 0 Å². The van der Waals surface area contributed by atoms with E-state index in [4.69, 9.17) is 0 Å². The average Bonchev–Trinajstić information content (AvgIpc) is 2.86. The van der Waals surface area contributed by atoms with Gasteiger partial charge in [-0.1, -0.05) is 55.8 Å². The Hall–Kier alpha value is -3.48. The molecule has 1 nitrogen and oxygen atoms in total. The predicted octanol–water partition coefficient (Wildman–Crippen LogP) is 9.07. The smallest absolute Gasteiger partial charge is 0.406 e. The van der Waals surface area contributed by atoms with E-state index in [0.29, 0.717) is 47.6 Å². The second kappa shape index (κ2) is 11.9. The van der Waals surface area contributed by atoms with Crippen LogP contribution in [0.4, 0.5) is 26.3 Å². The molecule has 0 saturated carbocycles. The fraction of sp³-hybridized carbons (Fsp3) is 0.290. The lowest BCUT2D eigenvalue weighted by Crippen LogP contribution is -2.17. The zero-order chi connectivity index (χ0) is 27.3. The average molecular weight is 531 g/mol. The van der Waals surface area contributed by atoms with Crippen LogP contribution >= 0.6 is 0 Å². The Kier molecular flexibility index (Phi) is 8.65. The molecule has 0 aliphatic rings. The van der Waals surface area contributed by atoms with Crippen LogP contribution in [0.5, 0.6) is 5.75 Å². The second-order valence-corrected chi connectivity index (χ2v) is 9.43. The van der Waals surface area contributed by atoms with E-state index in [0.717, 1.165) is 24.0 Å². The summed E-state index contributed by atoms with van der Waals surface area (Å²) in [5.74, 6) is -1.72. The number of ether oxygens (including phenoxy) is 1. The Labute approximate surface area is 218 Å². The normalized spacial score (nSPS) is 11.8. The van der Waals surface area contributed by atoms with E-state index in [1.807, 2.05) is 13.0 Å². The van der Waals surface area contributed by atoms with Gasteiger partial charge in [-0.25, -0.2) is 13.2 Å². The molecule has 0 aromatic heterocycles. The molecule has 0 aliphatic carbocycles. The van der Waals surface area contributed by atoms with Crippen LogP contribution in [0.25, 0.3) is 10.8 Å². The summed E-state index contributed by atoms with van der Waals surface area (Å²) in [4.78, 5) is 0. The summed E-state index contributed by atoms with van der Waals surface area (Å²) >= 11 is 0. The maximum absolute atomic E-state index is 15.2. The molecule has 0 bridgehead atoms. The Morgan fingerprint density at radius 2 is 1.32 bits per heavy atom. The zero-order valence-corrected chi connectivity index (χ0v) is 21.0. The van der Waals surface area contributed by atoms with E-state index < -0.39 is 18.0 Å². The minimum Gasteiger partial charge on any atom is -0.406 e. The summed E-state index contributed by atoms with van der Waals surface area (Å²) in [5.41, 5.74) is 2.82. The third-order valence-corrected chi connectivity index (χ3v) is 6.62. The van der Waals surface area contributed by atoms with Crippen molar-refractivity contribution in [2.24, 2.45) is 0 Å². The molecule has 0 amide bonds. The lowest BCUT2D eigenvalue weighted by Gasteiger charge is -2.11. The van der Waals surface area contributed by atoms with Crippen molar-refractivity contribution in [2.75, 3.05) is 0 Å². The molecule has 200 valence electrons. The number of alkyl halides is 3. The summed E-state index contributed by atoms with van der Waals surface area (Å²) in [6.07, 6.45) is -0.848. The molecule has 4 aromatic rings. The monoisotopic (exact) mass is 530 g/mol. The minimum absolute atomic E-state index is 0.0601. The first-order valence-corrected chi connectivity index (χ1v) is 12.6. The van der Waals surface area contributed by atoms with Gasteiger partial charge in [0.05, 0.1) is 0 Å². The van der Waals surface area contributed by atoms with E-state index in [2.05, 4.69) is 4.74 Å². The zero-order valence-electron chi connectivity index (χ0n) is 21.0. The highest BCUT2D eigenvalue weighted by molar-refractivity contribution is 5.84. The lowest BCUT2D eigenvalue weighted by atomic mass is 9.96. The van der Waals surface area contributed by atoms with Gasteiger partial charge in [0.15, 0.2) is 0 Å². The highest BCUT2D eigenvalue weighted by Crippen LogP contribution is 2.26. The maximum atomic E-state index is 15.2. The van der Waals surface area contributed by atoms with Gasteiger partial charge in [-0.2, -0.15) is 0 Å². The number of unbranched alkanes of at least 4 members (excludes halogenated alkanes) is 1. The number of hydrogen-bond donors (Lipinski definition) is 0. The first-order chi connectivity index (χ1) is 18.1. The van der Waals surface area contributed by atoms with Crippen molar-refractivity contribution in [3.63, 3.8) is 0 Å². The first kappa shape index (κ1) is 27.6. The minimum atomic E-state index is -4.75. The molecule has 7 heteroatoms. The number of benzene rings is 4. The quantitative estimate of drug-likeness (QED) is 0.186. The third kappa shape index (κ3) is 7.09. The fourth-order valence-corrected chi connectivity index (χ4v) is 4.56. The van der Waals surface area contributed by atoms with E-state index >= 15 is 4.39 Å². The summed E-state index contributed by atoms with van der Waals surface area (Å²) in [6, 6.07) is 17.1. The Morgan fingerprint density at radius 1 is 0.658 bits per heavy atom. The van der Waals surface area contributed by atoms with Gasteiger partial charge in [0, 0.05) is 10.9 Å².